The number of fused-ring (bicyclic) bond motifs is 3. The molecule has 3 heterocycles. The Morgan fingerprint density at radius 2 is 0.875 bits per heavy atom. The first kappa shape index (κ1) is 64.9. The molecule has 0 N–H and O–H groups in total. The summed E-state index contributed by atoms with van der Waals surface area (Å²) in [6, 6.07) is 33.9. The molecule has 20 heteroatoms. The number of esters is 3. The third-order valence-corrected chi connectivity index (χ3v) is 15.0. The van der Waals surface area contributed by atoms with Gasteiger partial charge in [0.2, 0.25) is 0 Å². The van der Waals surface area contributed by atoms with Gasteiger partial charge in [0.05, 0.1) is 82.8 Å². The Balaban J connectivity index is 0.000000225. The molecule has 4 aliphatic rings. The van der Waals surface area contributed by atoms with Crippen molar-refractivity contribution < 1.29 is 93.5 Å². The lowest BCUT2D eigenvalue weighted by molar-refractivity contribution is -0.275. The predicted octanol–water partition coefficient (Wildman–Crippen LogP) is 13.7. The molecule has 2 unspecified atom stereocenters. The first-order chi connectivity index (χ1) is 42.7. The first-order valence-corrected chi connectivity index (χ1v) is 29.9. The third-order valence-electron chi connectivity index (χ3n) is 15.0. The fraction of sp³-hybridized carbons (Fsp3) is 0.426. The summed E-state index contributed by atoms with van der Waals surface area (Å²) in [4.78, 5) is 38.2. The molecule has 3 fully saturated rings. The molecule has 10 rings (SSSR count). The highest BCUT2D eigenvalue weighted by Gasteiger charge is 2.37. The number of hydrogen-bond acceptors (Lipinski definition) is 16. The maximum Gasteiger partial charge on any atom is 0.573 e. The second-order valence-electron chi connectivity index (χ2n) is 21.9. The van der Waals surface area contributed by atoms with Crippen molar-refractivity contribution in [2.24, 2.45) is 5.41 Å². The van der Waals surface area contributed by atoms with E-state index in [1.54, 1.807) is 72.8 Å². The quantitative estimate of drug-likeness (QED) is 0.0122. The zero-order valence-electron chi connectivity index (χ0n) is 49.5. The van der Waals surface area contributed by atoms with Crippen molar-refractivity contribution >= 4 is 17.9 Å². The summed E-state index contributed by atoms with van der Waals surface area (Å²) in [6.45, 7) is 13.4. The van der Waals surface area contributed by atoms with E-state index < -0.39 is 35.8 Å². The number of halogens is 4. The molecule has 0 aromatic heterocycles. The predicted molar refractivity (Wildman–Crippen MR) is 316 cm³/mol. The minimum Gasteiger partial charge on any atom is -0.494 e. The summed E-state index contributed by atoms with van der Waals surface area (Å²) in [7, 11) is 0. The van der Waals surface area contributed by atoms with Gasteiger partial charge in [-0.05, 0) is 183 Å². The fourth-order valence-electron chi connectivity index (χ4n) is 9.56. The maximum absolute atomic E-state index is 13.8. The third kappa shape index (κ3) is 20.2. The van der Waals surface area contributed by atoms with Crippen LogP contribution in [-0.2, 0) is 28.4 Å². The van der Waals surface area contributed by atoms with Gasteiger partial charge < -0.3 is 61.6 Å². The number of carbonyl (C=O) groups excluding carboxylic acids is 3. The highest BCUT2D eigenvalue weighted by Crippen LogP contribution is 2.47. The minimum atomic E-state index is -5.03. The number of ether oxygens (including phenoxy) is 13. The Bertz CT molecular complexity index is 3060. The van der Waals surface area contributed by atoms with Gasteiger partial charge >= 0.3 is 24.3 Å². The van der Waals surface area contributed by atoms with Crippen LogP contribution in [0.15, 0.2) is 127 Å². The number of unbranched alkanes of at least 4 members (excludes halogenated alkanes) is 5. The lowest BCUT2D eigenvalue weighted by atomic mass is 9.84. The van der Waals surface area contributed by atoms with Gasteiger partial charge in [0, 0.05) is 37.2 Å². The van der Waals surface area contributed by atoms with E-state index in [1.807, 2.05) is 24.3 Å². The molecule has 0 saturated carbocycles. The smallest absolute Gasteiger partial charge is 0.494 e. The molecular formula is C68H74F4O16. The zero-order chi connectivity index (χ0) is 61.7. The van der Waals surface area contributed by atoms with Gasteiger partial charge in [-0.2, -0.15) is 0 Å². The Hall–Kier alpha value is -7.59. The topological polar surface area (TPSA) is 178 Å². The van der Waals surface area contributed by atoms with Crippen molar-refractivity contribution in [1.29, 1.82) is 0 Å². The van der Waals surface area contributed by atoms with Crippen molar-refractivity contribution in [1.82, 2.24) is 0 Å². The molecule has 2 atom stereocenters. The minimum absolute atomic E-state index is 0.00715. The van der Waals surface area contributed by atoms with Gasteiger partial charge in [-0.25, -0.2) is 18.8 Å². The van der Waals surface area contributed by atoms with Crippen LogP contribution in [0, 0.1) is 11.2 Å². The van der Waals surface area contributed by atoms with E-state index in [0.29, 0.717) is 92.2 Å². The van der Waals surface area contributed by atoms with E-state index in [1.165, 1.54) is 12.1 Å². The molecule has 470 valence electrons. The standard InChI is InChI=1S/C42H44O10.C26H30F4O6/c1-28-39-22-33(51-41(43)29-6-10-31(11-7-29)47-20-4-2-18-45-24-35-26-49-35)14-16-37(39)38-17-15-34(23-40(28)38)52-42(44)30-8-12-32(13-9-30)48-21-5-3-19-46-25-36-27-50-36;1-2-25(17-33-18-25)16-32-13-5-3-4-6-14-34-20-9-7-19(8-10-20)24(31)35-21-11-12-23(22(27)15-21)36-26(28,29)30/h6-17,22-23,28,35-36H,2-5,18-21,24-27H2,1H3;7-12,15H,2-6,13-14,16-18H2,1H3. The Morgan fingerprint density at radius 1 is 0.500 bits per heavy atom. The van der Waals surface area contributed by atoms with Gasteiger partial charge in [0.15, 0.2) is 11.6 Å². The van der Waals surface area contributed by atoms with E-state index >= 15 is 0 Å². The lowest BCUT2D eigenvalue weighted by Crippen LogP contribution is -2.45. The van der Waals surface area contributed by atoms with Gasteiger partial charge in [0.1, 0.15) is 46.7 Å². The van der Waals surface area contributed by atoms with Gasteiger partial charge in [0.25, 0.3) is 0 Å². The SMILES string of the molecule is CC1c2cc(OC(=O)c3ccc(OCCCCOCC4CO4)cc3)ccc2-c2ccc(OC(=O)c3ccc(OCCCCOCC4CO4)cc3)cc21.CCC1(COCCCCCCOc2ccc(C(=O)Oc3ccc(OC(F)(F)F)c(F)c3)cc2)COC1. The van der Waals surface area contributed by atoms with Crippen LogP contribution in [-0.4, -0.2) is 122 Å². The highest BCUT2D eigenvalue weighted by atomic mass is 19.4. The molecule has 0 bridgehead atoms. The summed E-state index contributed by atoms with van der Waals surface area (Å²) >= 11 is 0. The first-order valence-electron chi connectivity index (χ1n) is 29.9. The van der Waals surface area contributed by atoms with E-state index in [9.17, 15) is 31.9 Å². The van der Waals surface area contributed by atoms with Crippen LogP contribution >= 0.6 is 0 Å². The fourth-order valence-corrected chi connectivity index (χ4v) is 9.56. The molecule has 6 aromatic rings. The van der Waals surface area contributed by atoms with E-state index in [0.717, 1.165) is 132 Å². The van der Waals surface area contributed by atoms with Crippen LogP contribution < -0.4 is 33.2 Å². The van der Waals surface area contributed by atoms with Crippen LogP contribution in [0.25, 0.3) is 11.1 Å². The number of benzene rings is 6. The normalized spacial score (nSPS) is 16.6. The number of hydrogen-bond donors (Lipinski definition) is 0. The molecule has 0 radical (unpaired) electrons. The molecule has 3 saturated heterocycles. The monoisotopic (exact) mass is 1220 g/mol. The molecule has 0 spiro atoms. The molecule has 88 heavy (non-hydrogen) atoms. The molecular weight excluding hydrogens is 1150 g/mol. The maximum atomic E-state index is 13.8. The summed E-state index contributed by atoms with van der Waals surface area (Å²) in [6.07, 6.45) is 4.15. The number of carbonyl (C=O) groups is 3. The second-order valence-corrected chi connectivity index (χ2v) is 21.9. The second kappa shape index (κ2) is 32.1. The summed E-state index contributed by atoms with van der Waals surface area (Å²) in [5.74, 6) is -1.32. The van der Waals surface area contributed by atoms with E-state index in [4.69, 9.17) is 56.8 Å². The molecule has 0 amide bonds. The van der Waals surface area contributed by atoms with Crippen molar-refractivity contribution in [2.75, 3.05) is 85.9 Å². The van der Waals surface area contributed by atoms with Crippen LogP contribution in [0.2, 0.25) is 0 Å². The van der Waals surface area contributed by atoms with Crippen molar-refractivity contribution in [3.8, 4) is 51.4 Å². The average molecular weight is 1220 g/mol. The summed E-state index contributed by atoms with van der Waals surface area (Å²) in [5.41, 5.74) is 5.46. The van der Waals surface area contributed by atoms with Crippen molar-refractivity contribution in [3.63, 3.8) is 0 Å². The molecule has 16 nitrogen and oxygen atoms in total. The average Bonchev–Trinajstić information content (AvgIpc) is 1.78. The number of epoxide rings is 2. The van der Waals surface area contributed by atoms with Gasteiger partial charge in [-0.1, -0.05) is 32.4 Å². The Kier molecular flexibility index (Phi) is 23.6. The Morgan fingerprint density at radius 3 is 1.26 bits per heavy atom. The van der Waals surface area contributed by atoms with Gasteiger partial charge in [-0.15, -0.1) is 13.2 Å². The largest absolute Gasteiger partial charge is 0.573 e. The van der Waals surface area contributed by atoms with E-state index in [-0.39, 0.29) is 34.9 Å². The lowest BCUT2D eigenvalue weighted by Gasteiger charge is -2.40. The van der Waals surface area contributed by atoms with Crippen LogP contribution in [0.5, 0.6) is 40.2 Å². The van der Waals surface area contributed by atoms with Crippen molar-refractivity contribution in [3.05, 3.63) is 161 Å². The zero-order valence-corrected chi connectivity index (χ0v) is 49.5. The summed E-state index contributed by atoms with van der Waals surface area (Å²) < 4.78 is 120. The van der Waals surface area contributed by atoms with Crippen LogP contribution in [0.3, 0.4) is 0 Å². The van der Waals surface area contributed by atoms with Crippen molar-refractivity contribution in [2.45, 2.75) is 96.1 Å². The number of rotatable bonds is 34. The molecule has 3 aliphatic heterocycles. The van der Waals surface area contributed by atoms with Gasteiger partial charge in [-0.3, -0.25) is 0 Å². The van der Waals surface area contributed by atoms with Crippen LogP contribution in [0.1, 0.15) is 120 Å². The molecule has 1 aliphatic carbocycles. The van der Waals surface area contributed by atoms with Crippen LogP contribution in [0.4, 0.5) is 17.6 Å². The van der Waals surface area contributed by atoms with E-state index in [2.05, 4.69) is 18.6 Å². The molecule has 6 aromatic carbocycles. The highest BCUT2D eigenvalue weighted by molar-refractivity contribution is 5.93. The Labute approximate surface area is 509 Å². The summed E-state index contributed by atoms with van der Waals surface area (Å²) in [5, 5.41) is 0. The number of alkyl halides is 3.